The number of furan rings is 1. The van der Waals surface area contributed by atoms with Crippen LogP contribution in [0.25, 0.3) is 0 Å². The molecule has 5 heteroatoms. The molecule has 0 fully saturated rings. The molecule has 1 aromatic heterocycles. The number of carbonyl (C=O) groups is 1. The van der Waals surface area contributed by atoms with E-state index in [0.717, 1.165) is 0 Å². The molecule has 3 nitrogen and oxygen atoms in total. The number of hydrogen-bond donors (Lipinski definition) is 0. The molecular formula is C19H15BrFNO2. The number of amides is 1. The van der Waals surface area contributed by atoms with Crippen LogP contribution in [0.3, 0.4) is 0 Å². The Bertz CT molecular complexity index is 833. The van der Waals surface area contributed by atoms with E-state index in [1.807, 2.05) is 6.07 Å². The van der Waals surface area contributed by atoms with Gasteiger partial charge in [0.05, 0.1) is 18.4 Å². The average Bonchev–Trinajstić information content (AvgIpc) is 3.09. The molecule has 1 amide bonds. The number of benzene rings is 2. The van der Waals surface area contributed by atoms with Gasteiger partial charge in [-0.05, 0) is 46.3 Å². The first-order valence-corrected chi connectivity index (χ1v) is 8.24. The second-order valence-electron chi connectivity index (χ2n) is 5.31. The zero-order chi connectivity index (χ0) is 16.9. The van der Waals surface area contributed by atoms with Gasteiger partial charge in [0.15, 0.2) is 0 Å². The molecule has 0 bridgehead atoms. The van der Waals surface area contributed by atoms with Crippen molar-refractivity contribution in [2.45, 2.75) is 13.1 Å². The lowest BCUT2D eigenvalue weighted by atomic mass is 10.1. The Labute approximate surface area is 147 Å². The zero-order valence-corrected chi connectivity index (χ0v) is 14.4. The minimum atomic E-state index is -0.332. The van der Waals surface area contributed by atoms with Crippen LogP contribution < -0.4 is 0 Å². The van der Waals surface area contributed by atoms with E-state index in [-0.39, 0.29) is 24.8 Å². The highest BCUT2D eigenvalue weighted by Crippen LogP contribution is 2.21. The molecule has 1 heterocycles. The summed E-state index contributed by atoms with van der Waals surface area (Å²) < 4.78 is 20.1. The van der Waals surface area contributed by atoms with Gasteiger partial charge in [-0.1, -0.05) is 30.3 Å². The molecule has 3 aromatic rings. The summed E-state index contributed by atoms with van der Waals surface area (Å²) >= 11 is 3.40. The maximum absolute atomic E-state index is 14.0. The highest BCUT2D eigenvalue weighted by atomic mass is 79.9. The Morgan fingerprint density at radius 2 is 1.75 bits per heavy atom. The van der Waals surface area contributed by atoms with Gasteiger partial charge in [0, 0.05) is 16.6 Å². The normalized spacial score (nSPS) is 10.6. The largest absolute Gasteiger partial charge is 0.467 e. The van der Waals surface area contributed by atoms with Gasteiger partial charge in [0.25, 0.3) is 5.91 Å². The molecular weight excluding hydrogens is 373 g/mol. The lowest BCUT2D eigenvalue weighted by molar-refractivity contribution is 0.0715. The van der Waals surface area contributed by atoms with Gasteiger partial charge >= 0.3 is 0 Å². The second-order valence-corrected chi connectivity index (χ2v) is 6.17. The summed E-state index contributed by atoms with van der Waals surface area (Å²) in [5.74, 6) is 0.121. The Morgan fingerprint density at radius 3 is 2.46 bits per heavy atom. The summed E-state index contributed by atoms with van der Waals surface area (Å²) in [7, 11) is 0. The van der Waals surface area contributed by atoms with Gasteiger partial charge in [-0.3, -0.25) is 4.79 Å². The Balaban J connectivity index is 1.91. The van der Waals surface area contributed by atoms with Crippen molar-refractivity contribution in [2.75, 3.05) is 0 Å². The molecule has 3 rings (SSSR count). The third kappa shape index (κ3) is 3.74. The first kappa shape index (κ1) is 16.5. The van der Waals surface area contributed by atoms with Crippen LogP contribution in [0.5, 0.6) is 0 Å². The predicted molar refractivity (Wildman–Crippen MR) is 92.8 cm³/mol. The minimum absolute atomic E-state index is 0.160. The molecule has 0 spiro atoms. The third-order valence-electron chi connectivity index (χ3n) is 3.64. The van der Waals surface area contributed by atoms with Crippen LogP contribution in [0.15, 0.2) is 75.8 Å². The summed E-state index contributed by atoms with van der Waals surface area (Å²) in [4.78, 5) is 14.5. The first-order valence-electron chi connectivity index (χ1n) is 7.45. The number of nitrogens with zero attached hydrogens (tertiary/aromatic N) is 1. The predicted octanol–water partition coefficient (Wildman–Crippen LogP) is 5.02. The standard InChI is InChI=1S/C19H15BrFNO2/c20-17-9-3-2-8-16(17)19(23)22(13-15-7-5-11-24-15)12-14-6-1-4-10-18(14)21/h1-11H,12-13H2. The number of hydrogen-bond acceptors (Lipinski definition) is 2. The SMILES string of the molecule is O=C(c1ccccc1Br)N(Cc1ccco1)Cc1ccccc1F. The van der Waals surface area contributed by atoms with Gasteiger partial charge < -0.3 is 9.32 Å². The van der Waals surface area contributed by atoms with Gasteiger partial charge in [-0.2, -0.15) is 0 Å². The van der Waals surface area contributed by atoms with Crippen LogP contribution in [0.2, 0.25) is 0 Å². The lowest BCUT2D eigenvalue weighted by Crippen LogP contribution is -2.30. The Kier molecular flexibility index (Phi) is 5.11. The molecule has 0 saturated heterocycles. The molecule has 0 unspecified atom stereocenters. The van der Waals surface area contributed by atoms with Crippen molar-refractivity contribution in [1.82, 2.24) is 4.90 Å². The van der Waals surface area contributed by atoms with Crippen molar-refractivity contribution >= 4 is 21.8 Å². The van der Waals surface area contributed by atoms with E-state index >= 15 is 0 Å². The van der Waals surface area contributed by atoms with Gasteiger partial charge in [0.1, 0.15) is 11.6 Å². The smallest absolute Gasteiger partial charge is 0.255 e. The van der Waals surface area contributed by atoms with E-state index in [4.69, 9.17) is 4.42 Å². The van der Waals surface area contributed by atoms with Crippen molar-refractivity contribution in [3.8, 4) is 0 Å². The summed E-state index contributed by atoms with van der Waals surface area (Å²) in [5.41, 5.74) is 0.991. The van der Waals surface area contributed by atoms with Crippen LogP contribution >= 0.6 is 15.9 Å². The van der Waals surface area contributed by atoms with Crippen molar-refractivity contribution in [3.63, 3.8) is 0 Å². The van der Waals surface area contributed by atoms with Crippen LogP contribution in [0.4, 0.5) is 4.39 Å². The summed E-state index contributed by atoms with van der Waals surface area (Å²) in [6.07, 6.45) is 1.56. The maximum atomic E-state index is 14.0. The first-order chi connectivity index (χ1) is 11.6. The Morgan fingerprint density at radius 1 is 1.00 bits per heavy atom. The molecule has 24 heavy (non-hydrogen) atoms. The highest BCUT2D eigenvalue weighted by molar-refractivity contribution is 9.10. The van der Waals surface area contributed by atoms with Crippen molar-refractivity contribution in [3.05, 3.63) is 94.1 Å². The van der Waals surface area contributed by atoms with Gasteiger partial charge in [-0.25, -0.2) is 4.39 Å². The molecule has 0 aliphatic carbocycles. The fraction of sp³-hybridized carbons (Fsp3) is 0.105. The van der Waals surface area contributed by atoms with E-state index in [1.54, 1.807) is 59.7 Å². The number of halogens is 2. The van der Waals surface area contributed by atoms with Gasteiger partial charge in [-0.15, -0.1) is 0 Å². The molecule has 0 radical (unpaired) electrons. The van der Waals surface area contributed by atoms with Crippen molar-refractivity contribution in [2.24, 2.45) is 0 Å². The lowest BCUT2D eigenvalue weighted by Gasteiger charge is -2.22. The highest BCUT2D eigenvalue weighted by Gasteiger charge is 2.20. The summed E-state index contributed by atoms with van der Waals surface area (Å²) in [6.45, 7) is 0.426. The summed E-state index contributed by atoms with van der Waals surface area (Å²) in [6, 6.07) is 17.2. The second kappa shape index (κ2) is 7.45. The maximum Gasteiger partial charge on any atom is 0.255 e. The molecule has 0 atom stereocenters. The van der Waals surface area contributed by atoms with E-state index in [1.165, 1.54) is 6.07 Å². The molecule has 0 saturated carbocycles. The van der Waals surface area contributed by atoms with E-state index in [9.17, 15) is 9.18 Å². The van der Waals surface area contributed by atoms with E-state index < -0.39 is 0 Å². The zero-order valence-electron chi connectivity index (χ0n) is 12.8. The molecule has 2 aromatic carbocycles. The van der Waals surface area contributed by atoms with Crippen molar-refractivity contribution in [1.29, 1.82) is 0 Å². The fourth-order valence-electron chi connectivity index (χ4n) is 2.43. The topological polar surface area (TPSA) is 33.5 Å². The van der Waals surface area contributed by atoms with Crippen LogP contribution in [-0.4, -0.2) is 10.8 Å². The summed E-state index contributed by atoms with van der Waals surface area (Å²) in [5, 5.41) is 0. The quantitative estimate of drug-likeness (QED) is 0.615. The molecule has 0 N–H and O–H groups in total. The monoisotopic (exact) mass is 387 g/mol. The molecule has 122 valence electrons. The fourth-order valence-corrected chi connectivity index (χ4v) is 2.88. The third-order valence-corrected chi connectivity index (χ3v) is 4.33. The number of rotatable bonds is 5. The van der Waals surface area contributed by atoms with Crippen LogP contribution in [0, 0.1) is 5.82 Å². The van der Waals surface area contributed by atoms with Crippen LogP contribution in [-0.2, 0) is 13.1 Å². The van der Waals surface area contributed by atoms with Crippen molar-refractivity contribution < 1.29 is 13.6 Å². The van der Waals surface area contributed by atoms with Crippen LogP contribution in [0.1, 0.15) is 21.7 Å². The van der Waals surface area contributed by atoms with E-state index in [2.05, 4.69) is 15.9 Å². The number of carbonyl (C=O) groups excluding carboxylic acids is 1. The average molecular weight is 388 g/mol. The van der Waals surface area contributed by atoms with E-state index in [0.29, 0.717) is 21.4 Å². The molecule has 0 aliphatic rings. The Hall–Kier alpha value is -2.40. The molecule has 0 aliphatic heterocycles. The minimum Gasteiger partial charge on any atom is -0.467 e. The van der Waals surface area contributed by atoms with Gasteiger partial charge in [0.2, 0.25) is 0 Å².